The first-order valence-corrected chi connectivity index (χ1v) is 7.09. The van der Waals surface area contributed by atoms with Crippen LogP contribution in [0.2, 0.25) is 0 Å². The Hall–Kier alpha value is -1.71. The molecule has 0 saturated carbocycles. The molecule has 3 nitrogen and oxygen atoms in total. The van der Waals surface area contributed by atoms with Gasteiger partial charge in [0.1, 0.15) is 0 Å². The fourth-order valence-corrected chi connectivity index (χ4v) is 2.15. The monoisotopic (exact) mass is 270 g/mol. The van der Waals surface area contributed by atoms with Gasteiger partial charge in [0, 0.05) is 25.2 Å². The second kappa shape index (κ2) is 8.46. The Morgan fingerprint density at radius 2 is 2.05 bits per heavy atom. The third-order valence-corrected chi connectivity index (χ3v) is 3.21. The van der Waals surface area contributed by atoms with Crippen LogP contribution in [-0.2, 0) is 11.2 Å². The fraction of sp³-hybridized carbons (Fsp3) is 0.353. The number of nitrogens with one attached hydrogen (secondary N) is 1. The van der Waals surface area contributed by atoms with Crippen LogP contribution in [0.3, 0.4) is 0 Å². The molecular formula is C17H22N2O. The van der Waals surface area contributed by atoms with Crippen molar-refractivity contribution in [3.63, 3.8) is 0 Å². The van der Waals surface area contributed by atoms with E-state index in [1.165, 1.54) is 10.9 Å². The van der Waals surface area contributed by atoms with Gasteiger partial charge in [-0.3, -0.25) is 4.98 Å². The van der Waals surface area contributed by atoms with Gasteiger partial charge in [0.25, 0.3) is 0 Å². The maximum Gasteiger partial charge on any atom is 0.0704 e. The molecule has 1 aromatic carbocycles. The van der Waals surface area contributed by atoms with Crippen molar-refractivity contribution in [3.8, 4) is 0 Å². The molecule has 0 saturated heterocycles. The molecule has 0 unspecified atom stereocenters. The minimum Gasteiger partial charge on any atom is -0.383 e. The molecular weight excluding hydrogens is 248 g/mol. The van der Waals surface area contributed by atoms with Crippen molar-refractivity contribution < 1.29 is 4.74 Å². The summed E-state index contributed by atoms with van der Waals surface area (Å²) in [4.78, 5) is 4.38. The van der Waals surface area contributed by atoms with Gasteiger partial charge in [-0.1, -0.05) is 30.4 Å². The molecule has 0 spiro atoms. The Morgan fingerprint density at radius 3 is 2.95 bits per heavy atom. The summed E-state index contributed by atoms with van der Waals surface area (Å²) >= 11 is 0. The van der Waals surface area contributed by atoms with E-state index in [0.29, 0.717) is 0 Å². The number of para-hydroxylation sites is 1. The quantitative estimate of drug-likeness (QED) is 0.591. The van der Waals surface area contributed by atoms with Gasteiger partial charge in [0.15, 0.2) is 0 Å². The first kappa shape index (κ1) is 14.7. The lowest BCUT2D eigenvalue weighted by Gasteiger charge is -2.03. The predicted molar refractivity (Wildman–Crippen MR) is 83.9 cm³/mol. The number of rotatable bonds is 8. The smallest absolute Gasteiger partial charge is 0.0704 e. The van der Waals surface area contributed by atoms with E-state index in [0.717, 1.165) is 38.1 Å². The van der Waals surface area contributed by atoms with Gasteiger partial charge >= 0.3 is 0 Å². The van der Waals surface area contributed by atoms with Crippen LogP contribution in [0, 0.1) is 0 Å². The summed E-state index contributed by atoms with van der Waals surface area (Å²) in [6.07, 6.45) is 8.36. The Labute approximate surface area is 120 Å². The number of methoxy groups -OCH3 is 1. The average molecular weight is 270 g/mol. The highest BCUT2D eigenvalue weighted by atomic mass is 16.5. The number of hydrogen-bond acceptors (Lipinski definition) is 3. The third kappa shape index (κ3) is 4.44. The van der Waals surface area contributed by atoms with Crippen LogP contribution in [0.4, 0.5) is 0 Å². The lowest BCUT2D eigenvalue weighted by Crippen LogP contribution is -2.19. The van der Waals surface area contributed by atoms with Gasteiger partial charge in [-0.2, -0.15) is 0 Å². The Morgan fingerprint density at radius 1 is 1.15 bits per heavy atom. The van der Waals surface area contributed by atoms with Crippen LogP contribution < -0.4 is 5.32 Å². The second-order valence-electron chi connectivity index (χ2n) is 4.69. The third-order valence-electron chi connectivity index (χ3n) is 3.21. The van der Waals surface area contributed by atoms with Crippen LogP contribution >= 0.6 is 0 Å². The lowest BCUT2D eigenvalue weighted by molar-refractivity contribution is 0.199. The summed E-state index contributed by atoms with van der Waals surface area (Å²) in [7, 11) is 1.72. The van der Waals surface area contributed by atoms with Crippen molar-refractivity contribution in [2.24, 2.45) is 0 Å². The number of allylic oxidation sites excluding steroid dienone is 1. The number of pyridine rings is 1. The summed E-state index contributed by atoms with van der Waals surface area (Å²) in [5, 5.41) is 4.58. The molecule has 0 fully saturated rings. The molecule has 20 heavy (non-hydrogen) atoms. The van der Waals surface area contributed by atoms with Gasteiger partial charge in [0.05, 0.1) is 12.1 Å². The summed E-state index contributed by atoms with van der Waals surface area (Å²) in [6, 6.07) is 10.4. The lowest BCUT2D eigenvalue weighted by atomic mass is 10.1. The highest BCUT2D eigenvalue weighted by molar-refractivity contribution is 5.81. The molecule has 0 bridgehead atoms. The van der Waals surface area contributed by atoms with Crippen molar-refractivity contribution in [2.75, 3.05) is 26.8 Å². The van der Waals surface area contributed by atoms with E-state index in [-0.39, 0.29) is 0 Å². The first-order chi connectivity index (χ1) is 9.92. The second-order valence-corrected chi connectivity index (χ2v) is 4.69. The van der Waals surface area contributed by atoms with Gasteiger partial charge in [-0.25, -0.2) is 0 Å². The summed E-state index contributed by atoms with van der Waals surface area (Å²) in [5.41, 5.74) is 2.40. The zero-order chi connectivity index (χ0) is 14.0. The van der Waals surface area contributed by atoms with E-state index >= 15 is 0 Å². The Balaban J connectivity index is 1.81. The molecule has 1 aromatic heterocycles. The molecule has 3 heteroatoms. The number of nitrogens with zero attached hydrogens (tertiary/aromatic N) is 1. The van der Waals surface area contributed by atoms with Crippen LogP contribution in [0.1, 0.15) is 12.0 Å². The molecule has 0 aliphatic rings. The minimum atomic E-state index is 0.771. The SMILES string of the molecule is COCCNCCC=CCc1ccnc2ccccc12. The molecule has 1 heterocycles. The Bertz CT molecular complexity index is 546. The largest absolute Gasteiger partial charge is 0.383 e. The highest BCUT2D eigenvalue weighted by Gasteiger charge is 1.98. The number of fused-ring (bicyclic) bond motifs is 1. The molecule has 0 radical (unpaired) electrons. The molecule has 1 N–H and O–H groups in total. The molecule has 0 atom stereocenters. The van der Waals surface area contributed by atoms with Crippen molar-refractivity contribution in [3.05, 3.63) is 54.2 Å². The maximum absolute atomic E-state index is 4.98. The standard InChI is InChI=1S/C17H22N2O/c1-20-14-13-18-11-6-2-3-7-15-10-12-19-17-9-5-4-8-16(15)17/h2-5,8-10,12,18H,6-7,11,13-14H2,1H3. The van der Waals surface area contributed by atoms with Gasteiger partial charge in [-0.05, 0) is 37.1 Å². The van der Waals surface area contributed by atoms with Crippen LogP contribution in [0.15, 0.2) is 48.7 Å². The molecule has 2 rings (SSSR count). The zero-order valence-corrected chi connectivity index (χ0v) is 12.0. The van der Waals surface area contributed by atoms with E-state index in [2.05, 4.69) is 46.7 Å². The Kier molecular flexibility index (Phi) is 6.21. The summed E-state index contributed by atoms with van der Waals surface area (Å²) in [6.45, 7) is 2.68. The van der Waals surface area contributed by atoms with Gasteiger partial charge in [-0.15, -0.1) is 0 Å². The molecule has 106 valence electrons. The summed E-state index contributed by atoms with van der Waals surface area (Å²) in [5.74, 6) is 0. The van der Waals surface area contributed by atoms with E-state index in [1.54, 1.807) is 7.11 Å². The zero-order valence-electron chi connectivity index (χ0n) is 12.0. The van der Waals surface area contributed by atoms with Crippen LogP contribution in [-0.4, -0.2) is 31.8 Å². The van der Waals surface area contributed by atoms with E-state index in [9.17, 15) is 0 Å². The van der Waals surface area contributed by atoms with E-state index in [1.807, 2.05) is 12.3 Å². The minimum absolute atomic E-state index is 0.771. The normalized spacial score (nSPS) is 11.4. The number of hydrogen-bond donors (Lipinski definition) is 1. The number of ether oxygens (including phenoxy) is 1. The van der Waals surface area contributed by atoms with Crippen molar-refractivity contribution in [2.45, 2.75) is 12.8 Å². The van der Waals surface area contributed by atoms with Crippen molar-refractivity contribution in [1.29, 1.82) is 0 Å². The molecule has 0 aliphatic heterocycles. The highest BCUT2D eigenvalue weighted by Crippen LogP contribution is 2.16. The maximum atomic E-state index is 4.98. The predicted octanol–water partition coefficient (Wildman–Crippen LogP) is 2.96. The van der Waals surface area contributed by atoms with Crippen LogP contribution in [0.5, 0.6) is 0 Å². The van der Waals surface area contributed by atoms with Gasteiger partial charge in [0.2, 0.25) is 0 Å². The molecule has 0 aliphatic carbocycles. The van der Waals surface area contributed by atoms with Gasteiger partial charge < -0.3 is 10.1 Å². The average Bonchev–Trinajstić information content (AvgIpc) is 2.50. The number of benzene rings is 1. The van der Waals surface area contributed by atoms with Crippen molar-refractivity contribution >= 4 is 10.9 Å². The molecule has 0 amide bonds. The topological polar surface area (TPSA) is 34.1 Å². The summed E-state index contributed by atoms with van der Waals surface area (Å²) < 4.78 is 4.98. The van der Waals surface area contributed by atoms with Crippen molar-refractivity contribution in [1.82, 2.24) is 10.3 Å². The molecule has 2 aromatic rings. The van der Waals surface area contributed by atoms with E-state index < -0.39 is 0 Å². The number of aromatic nitrogens is 1. The van der Waals surface area contributed by atoms with Crippen LogP contribution in [0.25, 0.3) is 10.9 Å². The first-order valence-electron chi connectivity index (χ1n) is 7.09. The van der Waals surface area contributed by atoms with E-state index in [4.69, 9.17) is 4.74 Å². The fourth-order valence-electron chi connectivity index (χ4n) is 2.15.